The molecule has 4 rings (SSSR count). The third-order valence-electron chi connectivity index (χ3n) is 5.33. The number of aryl methyl sites for hydroxylation is 1. The number of nitrogens with zero attached hydrogens (tertiary/aromatic N) is 1. The Hall–Kier alpha value is -3.64. The van der Waals surface area contributed by atoms with Crippen LogP contribution in [0, 0.1) is 0 Å². The minimum absolute atomic E-state index is 0.109. The van der Waals surface area contributed by atoms with Crippen LogP contribution in [-0.2, 0) is 6.42 Å². The molecule has 1 amide bonds. The highest BCUT2D eigenvalue weighted by molar-refractivity contribution is 7.14. The number of unbranched alkanes of at least 4 members (excludes halogenated alkanes) is 1. The van der Waals surface area contributed by atoms with Gasteiger partial charge in [0.1, 0.15) is 5.75 Å². The van der Waals surface area contributed by atoms with Gasteiger partial charge in [0, 0.05) is 22.2 Å². The topological polar surface area (TPSA) is 63.2 Å². The number of thiazole rings is 1. The third-order valence-corrected chi connectivity index (χ3v) is 6.08. The molecule has 0 saturated carbocycles. The Bertz CT molecular complexity index is 1200. The van der Waals surface area contributed by atoms with E-state index in [4.69, 9.17) is 4.74 Å². The van der Waals surface area contributed by atoms with Gasteiger partial charge in [0.15, 0.2) is 5.13 Å². The van der Waals surface area contributed by atoms with Crippen LogP contribution in [0.25, 0.3) is 11.3 Å². The highest BCUT2D eigenvalue weighted by Gasteiger charge is 2.09. The van der Waals surface area contributed by atoms with E-state index in [9.17, 15) is 4.79 Å². The van der Waals surface area contributed by atoms with E-state index in [1.54, 1.807) is 7.11 Å². The lowest BCUT2D eigenvalue weighted by molar-refractivity contribution is 0.102. The maximum absolute atomic E-state index is 12.6. The van der Waals surface area contributed by atoms with Gasteiger partial charge >= 0.3 is 0 Å². The summed E-state index contributed by atoms with van der Waals surface area (Å²) in [5, 5.41) is 9.07. The molecule has 1 aromatic heterocycles. The number of hydrogen-bond donors (Lipinski definition) is 2. The van der Waals surface area contributed by atoms with Crippen molar-refractivity contribution in [3.63, 3.8) is 0 Å². The second kappa shape index (κ2) is 10.8. The van der Waals surface area contributed by atoms with Crippen LogP contribution in [0.3, 0.4) is 0 Å². The lowest BCUT2D eigenvalue weighted by atomic mass is 10.1. The second-order valence-corrected chi connectivity index (χ2v) is 8.55. The number of carbonyl (C=O) groups is 1. The molecule has 5 nitrogen and oxygen atoms in total. The Morgan fingerprint density at radius 1 is 1.00 bits per heavy atom. The van der Waals surface area contributed by atoms with Crippen LogP contribution in [-0.4, -0.2) is 18.0 Å². The number of methoxy groups -OCH3 is 1. The highest BCUT2D eigenvalue weighted by Crippen LogP contribution is 2.31. The number of carbonyl (C=O) groups excluding carboxylic acids is 1. The number of benzene rings is 3. The van der Waals surface area contributed by atoms with Gasteiger partial charge < -0.3 is 15.4 Å². The molecule has 0 saturated heterocycles. The molecule has 168 valence electrons. The zero-order valence-corrected chi connectivity index (χ0v) is 19.6. The van der Waals surface area contributed by atoms with Crippen molar-refractivity contribution in [3.05, 3.63) is 89.3 Å². The average molecular weight is 458 g/mol. The van der Waals surface area contributed by atoms with Crippen LogP contribution in [0.1, 0.15) is 35.7 Å². The molecule has 0 unspecified atom stereocenters. The molecule has 0 spiro atoms. The molecule has 0 atom stereocenters. The van der Waals surface area contributed by atoms with Crippen molar-refractivity contribution >= 4 is 33.8 Å². The number of para-hydroxylation sites is 2. The van der Waals surface area contributed by atoms with Gasteiger partial charge in [-0.1, -0.05) is 49.7 Å². The largest absolute Gasteiger partial charge is 0.495 e. The summed E-state index contributed by atoms with van der Waals surface area (Å²) in [7, 11) is 1.65. The highest BCUT2D eigenvalue weighted by atomic mass is 32.1. The van der Waals surface area contributed by atoms with E-state index in [0.717, 1.165) is 46.4 Å². The van der Waals surface area contributed by atoms with E-state index in [1.807, 2.05) is 78.2 Å². The van der Waals surface area contributed by atoms with Gasteiger partial charge in [0.2, 0.25) is 0 Å². The van der Waals surface area contributed by atoms with Crippen LogP contribution in [0.4, 0.5) is 16.5 Å². The summed E-state index contributed by atoms with van der Waals surface area (Å²) in [4.78, 5) is 17.3. The molecule has 4 aromatic rings. The van der Waals surface area contributed by atoms with Gasteiger partial charge in [-0.3, -0.25) is 4.79 Å². The SMILES string of the molecule is CCCCc1ccc(C(=O)Nc2ccc(-c3csc(Nc4ccccc4OC)n3)cc2)cc1. The molecule has 6 heteroatoms. The Morgan fingerprint density at radius 2 is 1.76 bits per heavy atom. The fraction of sp³-hybridized carbons (Fsp3) is 0.185. The lowest BCUT2D eigenvalue weighted by Crippen LogP contribution is -2.11. The Kier molecular flexibility index (Phi) is 7.37. The summed E-state index contributed by atoms with van der Waals surface area (Å²) in [5.74, 6) is 0.659. The van der Waals surface area contributed by atoms with E-state index >= 15 is 0 Å². The van der Waals surface area contributed by atoms with E-state index in [1.165, 1.54) is 23.3 Å². The molecular weight excluding hydrogens is 430 g/mol. The van der Waals surface area contributed by atoms with E-state index in [-0.39, 0.29) is 5.91 Å². The number of anilines is 3. The van der Waals surface area contributed by atoms with Crippen LogP contribution < -0.4 is 15.4 Å². The first-order valence-corrected chi connectivity index (χ1v) is 11.9. The molecular formula is C27H27N3O2S. The van der Waals surface area contributed by atoms with Gasteiger partial charge in [-0.15, -0.1) is 11.3 Å². The maximum Gasteiger partial charge on any atom is 0.255 e. The van der Waals surface area contributed by atoms with Crippen molar-refractivity contribution in [1.82, 2.24) is 4.98 Å². The summed E-state index contributed by atoms with van der Waals surface area (Å²) in [6, 6.07) is 23.3. The summed E-state index contributed by atoms with van der Waals surface area (Å²) < 4.78 is 5.39. The first-order chi connectivity index (χ1) is 16.2. The normalized spacial score (nSPS) is 10.6. The Morgan fingerprint density at radius 3 is 2.48 bits per heavy atom. The third kappa shape index (κ3) is 5.79. The van der Waals surface area contributed by atoms with Crippen molar-refractivity contribution in [2.24, 2.45) is 0 Å². The predicted octanol–water partition coefficient (Wildman–Crippen LogP) is 7.16. The predicted molar refractivity (Wildman–Crippen MR) is 137 cm³/mol. The van der Waals surface area contributed by atoms with Crippen molar-refractivity contribution < 1.29 is 9.53 Å². The molecule has 2 N–H and O–H groups in total. The van der Waals surface area contributed by atoms with Gasteiger partial charge in [0.25, 0.3) is 5.91 Å². The molecule has 0 aliphatic carbocycles. The molecule has 0 aliphatic rings. The molecule has 0 fully saturated rings. The van der Waals surface area contributed by atoms with E-state index in [2.05, 4.69) is 22.5 Å². The fourth-order valence-electron chi connectivity index (χ4n) is 3.46. The van der Waals surface area contributed by atoms with Gasteiger partial charge in [-0.2, -0.15) is 0 Å². The lowest BCUT2D eigenvalue weighted by Gasteiger charge is -2.08. The molecule has 1 heterocycles. The summed E-state index contributed by atoms with van der Waals surface area (Å²) in [6.45, 7) is 2.18. The minimum Gasteiger partial charge on any atom is -0.495 e. The molecule has 0 bridgehead atoms. The van der Waals surface area contributed by atoms with E-state index in [0.29, 0.717) is 5.56 Å². The smallest absolute Gasteiger partial charge is 0.255 e. The summed E-state index contributed by atoms with van der Waals surface area (Å²) in [6.07, 6.45) is 3.38. The number of amides is 1. The zero-order chi connectivity index (χ0) is 23.0. The minimum atomic E-state index is -0.109. The van der Waals surface area contributed by atoms with Crippen LogP contribution >= 0.6 is 11.3 Å². The van der Waals surface area contributed by atoms with Crippen LogP contribution in [0.15, 0.2) is 78.2 Å². The van der Waals surface area contributed by atoms with Crippen LogP contribution in [0.2, 0.25) is 0 Å². The number of nitrogens with one attached hydrogen (secondary N) is 2. The number of rotatable bonds is 9. The average Bonchev–Trinajstić information content (AvgIpc) is 3.32. The second-order valence-electron chi connectivity index (χ2n) is 7.70. The van der Waals surface area contributed by atoms with Gasteiger partial charge in [0.05, 0.1) is 18.5 Å². The molecule has 0 aliphatic heterocycles. The fourth-order valence-corrected chi connectivity index (χ4v) is 4.19. The van der Waals surface area contributed by atoms with E-state index < -0.39 is 0 Å². The number of hydrogen-bond acceptors (Lipinski definition) is 5. The molecule has 3 aromatic carbocycles. The van der Waals surface area contributed by atoms with Gasteiger partial charge in [-0.25, -0.2) is 4.98 Å². The summed E-state index contributed by atoms with van der Waals surface area (Å²) in [5.41, 5.74) is 5.40. The van der Waals surface area contributed by atoms with Crippen molar-refractivity contribution in [3.8, 4) is 17.0 Å². The van der Waals surface area contributed by atoms with Gasteiger partial charge in [-0.05, 0) is 54.8 Å². The zero-order valence-electron chi connectivity index (χ0n) is 18.8. The number of aromatic nitrogens is 1. The number of ether oxygens (including phenoxy) is 1. The monoisotopic (exact) mass is 457 g/mol. The maximum atomic E-state index is 12.6. The van der Waals surface area contributed by atoms with Crippen molar-refractivity contribution in [1.29, 1.82) is 0 Å². The molecule has 0 radical (unpaired) electrons. The summed E-state index contributed by atoms with van der Waals surface area (Å²) >= 11 is 1.53. The van der Waals surface area contributed by atoms with Crippen LogP contribution in [0.5, 0.6) is 5.75 Å². The first-order valence-electron chi connectivity index (χ1n) is 11.0. The van der Waals surface area contributed by atoms with Crippen molar-refractivity contribution in [2.45, 2.75) is 26.2 Å². The first kappa shape index (κ1) is 22.6. The Balaban J connectivity index is 1.39. The molecule has 33 heavy (non-hydrogen) atoms. The quantitative estimate of drug-likeness (QED) is 0.280. The standard InChI is InChI=1S/C27H27N3O2S/c1-3-4-7-19-10-12-21(13-11-19)26(31)28-22-16-14-20(15-17-22)24-18-33-27(30-24)29-23-8-5-6-9-25(23)32-2/h5-6,8-18H,3-4,7H2,1-2H3,(H,28,31)(H,29,30). The van der Waals surface area contributed by atoms with Crippen molar-refractivity contribution in [2.75, 3.05) is 17.7 Å². The Labute approximate surface area is 198 Å².